The lowest BCUT2D eigenvalue weighted by Crippen LogP contribution is -2.39. The van der Waals surface area contributed by atoms with E-state index in [1.165, 1.54) is 5.56 Å². The van der Waals surface area contributed by atoms with Crippen LogP contribution in [0.25, 0.3) is 0 Å². The highest BCUT2D eigenvalue weighted by Crippen LogP contribution is 2.28. The fraction of sp³-hybridized carbons (Fsp3) is 0.214. The van der Waals surface area contributed by atoms with Gasteiger partial charge >= 0.3 is 0 Å². The summed E-state index contributed by atoms with van der Waals surface area (Å²) in [5.41, 5.74) is 1.25. The molecule has 0 spiro atoms. The quantitative estimate of drug-likeness (QED) is 0.920. The average molecular weight is 261 g/mol. The molecule has 0 amide bonds. The van der Waals surface area contributed by atoms with Gasteiger partial charge in [0, 0.05) is 31.3 Å². The summed E-state index contributed by atoms with van der Waals surface area (Å²) in [5, 5.41) is 3.83. The number of para-hydroxylation sites is 1. The average Bonchev–Trinajstić information content (AvgIpc) is 2.32. The molecule has 18 heavy (non-hydrogen) atoms. The van der Waals surface area contributed by atoms with Gasteiger partial charge in [0.2, 0.25) is 5.88 Å². The van der Waals surface area contributed by atoms with Gasteiger partial charge < -0.3 is 10.1 Å². The molecule has 1 N–H and O–H groups in total. The third kappa shape index (κ3) is 2.33. The maximum absolute atomic E-state index is 6.03. The van der Waals surface area contributed by atoms with Crippen molar-refractivity contribution in [2.45, 2.75) is 5.92 Å². The van der Waals surface area contributed by atoms with E-state index in [1.54, 1.807) is 6.07 Å². The molecule has 1 fully saturated rings. The highest BCUT2D eigenvalue weighted by molar-refractivity contribution is 6.32. The predicted molar refractivity (Wildman–Crippen MR) is 71.4 cm³/mol. The molecule has 3 nitrogen and oxygen atoms in total. The first kappa shape index (κ1) is 11.5. The van der Waals surface area contributed by atoms with Crippen LogP contribution >= 0.6 is 11.6 Å². The van der Waals surface area contributed by atoms with E-state index >= 15 is 0 Å². The van der Waals surface area contributed by atoms with Gasteiger partial charge in [0.05, 0.1) is 5.02 Å². The van der Waals surface area contributed by atoms with Gasteiger partial charge in [0.25, 0.3) is 0 Å². The minimum absolute atomic E-state index is 0.569. The fourth-order valence-corrected chi connectivity index (χ4v) is 2.03. The summed E-state index contributed by atoms with van der Waals surface area (Å²) in [6.45, 7) is 2.07. The Labute approximate surface area is 111 Å². The van der Waals surface area contributed by atoms with Crippen molar-refractivity contribution < 1.29 is 4.74 Å². The van der Waals surface area contributed by atoms with Gasteiger partial charge in [-0.1, -0.05) is 29.8 Å². The van der Waals surface area contributed by atoms with Crippen molar-refractivity contribution in [1.82, 2.24) is 10.3 Å². The number of benzene rings is 1. The Hall–Kier alpha value is -1.58. The Bertz CT molecular complexity index is 538. The summed E-state index contributed by atoms with van der Waals surface area (Å²) in [6, 6.07) is 11.3. The summed E-state index contributed by atoms with van der Waals surface area (Å²) >= 11 is 6.03. The van der Waals surface area contributed by atoms with E-state index in [2.05, 4.69) is 16.4 Å². The smallest absolute Gasteiger partial charge is 0.219 e. The van der Waals surface area contributed by atoms with Gasteiger partial charge in [0.1, 0.15) is 5.75 Å². The molecule has 3 rings (SSSR count). The number of nitrogens with zero attached hydrogens (tertiary/aromatic N) is 1. The number of ether oxygens (including phenoxy) is 1. The zero-order valence-corrected chi connectivity index (χ0v) is 10.5. The number of hydrogen-bond acceptors (Lipinski definition) is 3. The van der Waals surface area contributed by atoms with Crippen LogP contribution in [0.5, 0.6) is 11.6 Å². The Morgan fingerprint density at radius 2 is 2.00 bits per heavy atom. The normalized spacial score (nSPS) is 15.2. The third-order valence-electron chi connectivity index (χ3n) is 3.06. The van der Waals surface area contributed by atoms with Crippen LogP contribution in [0.2, 0.25) is 5.02 Å². The maximum Gasteiger partial charge on any atom is 0.219 e. The molecule has 1 saturated heterocycles. The zero-order chi connectivity index (χ0) is 12.4. The number of pyridine rings is 1. The molecule has 0 radical (unpaired) electrons. The van der Waals surface area contributed by atoms with Crippen molar-refractivity contribution >= 4 is 11.6 Å². The first-order chi connectivity index (χ1) is 8.83. The van der Waals surface area contributed by atoms with Crippen LogP contribution in [-0.2, 0) is 0 Å². The van der Waals surface area contributed by atoms with Crippen LogP contribution in [0.15, 0.2) is 42.6 Å². The van der Waals surface area contributed by atoms with E-state index < -0.39 is 0 Å². The monoisotopic (exact) mass is 260 g/mol. The predicted octanol–water partition coefficient (Wildman–Crippen LogP) is 3.21. The van der Waals surface area contributed by atoms with Gasteiger partial charge in [-0.25, -0.2) is 4.98 Å². The minimum atomic E-state index is 0.569. The molecule has 0 atom stereocenters. The SMILES string of the molecule is Clc1ccccc1Oc1ccc(C2CNC2)cn1. The number of halogens is 1. The van der Waals surface area contributed by atoms with Gasteiger partial charge in [-0.05, 0) is 17.7 Å². The molecule has 1 aliphatic rings. The lowest BCUT2D eigenvalue weighted by molar-refractivity contribution is 0.441. The fourth-order valence-electron chi connectivity index (χ4n) is 1.86. The second-order valence-corrected chi connectivity index (χ2v) is 4.72. The second-order valence-electron chi connectivity index (χ2n) is 4.32. The van der Waals surface area contributed by atoms with E-state index in [-0.39, 0.29) is 0 Å². The highest BCUT2D eigenvalue weighted by atomic mass is 35.5. The molecular weight excluding hydrogens is 248 g/mol. The maximum atomic E-state index is 6.03. The number of nitrogens with one attached hydrogen (secondary N) is 1. The molecule has 2 aromatic rings. The van der Waals surface area contributed by atoms with Crippen LogP contribution < -0.4 is 10.1 Å². The molecule has 1 aromatic carbocycles. The summed E-state index contributed by atoms with van der Waals surface area (Å²) < 4.78 is 5.64. The largest absolute Gasteiger partial charge is 0.437 e. The molecule has 0 unspecified atom stereocenters. The van der Waals surface area contributed by atoms with Crippen LogP contribution in [0.4, 0.5) is 0 Å². The second kappa shape index (κ2) is 4.96. The van der Waals surface area contributed by atoms with Crippen LogP contribution in [0.1, 0.15) is 11.5 Å². The molecule has 1 aromatic heterocycles. The van der Waals surface area contributed by atoms with Gasteiger partial charge in [0.15, 0.2) is 0 Å². The lowest BCUT2D eigenvalue weighted by atomic mass is 9.95. The Morgan fingerprint density at radius 1 is 1.17 bits per heavy atom. The van der Waals surface area contributed by atoms with E-state index in [4.69, 9.17) is 16.3 Å². The third-order valence-corrected chi connectivity index (χ3v) is 3.38. The van der Waals surface area contributed by atoms with Crippen LogP contribution in [-0.4, -0.2) is 18.1 Å². The molecule has 4 heteroatoms. The first-order valence-corrected chi connectivity index (χ1v) is 6.30. The number of aromatic nitrogens is 1. The molecule has 0 aliphatic carbocycles. The van der Waals surface area contributed by atoms with E-state index in [0.29, 0.717) is 22.6 Å². The van der Waals surface area contributed by atoms with Gasteiger partial charge in [-0.3, -0.25) is 0 Å². The summed E-state index contributed by atoms with van der Waals surface area (Å²) in [6.07, 6.45) is 1.87. The van der Waals surface area contributed by atoms with Crippen LogP contribution in [0, 0.1) is 0 Å². The molecular formula is C14H13ClN2O. The first-order valence-electron chi connectivity index (χ1n) is 5.92. The van der Waals surface area contributed by atoms with Crippen molar-refractivity contribution in [1.29, 1.82) is 0 Å². The number of rotatable bonds is 3. The number of hydrogen-bond donors (Lipinski definition) is 1. The topological polar surface area (TPSA) is 34.1 Å². The molecule has 1 aliphatic heterocycles. The molecule has 92 valence electrons. The van der Waals surface area contributed by atoms with E-state index in [1.807, 2.05) is 30.5 Å². The zero-order valence-electron chi connectivity index (χ0n) is 9.77. The summed E-state index contributed by atoms with van der Waals surface area (Å²) in [7, 11) is 0. The highest BCUT2D eigenvalue weighted by Gasteiger charge is 2.18. The Balaban J connectivity index is 1.75. The van der Waals surface area contributed by atoms with Crippen LogP contribution in [0.3, 0.4) is 0 Å². The molecule has 0 bridgehead atoms. The molecule has 0 saturated carbocycles. The molecule has 2 heterocycles. The van der Waals surface area contributed by atoms with Crippen molar-refractivity contribution in [3.8, 4) is 11.6 Å². The van der Waals surface area contributed by atoms with Crippen molar-refractivity contribution in [3.05, 3.63) is 53.2 Å². The van der Waals surface area contributed by atoms with Gasteiger partial charge in [-0.15, -0.1) is 0 Å². The van der Waals surface area contributed by atoms with Crippen molar-refractivity contribution in [2.24, 2.45) is 0 Å². The van der Waals surface area contributed by atoms with E-state index in [9.17, 15) is 0 Å². The van der Waals surface area contributed by atoms with Crippen molar-refractivity contribution in [2.75, 3.05) is 13.1 Å². The Morgan fingerprint density at radius 3 is 2.61 bits per heavy atom. The standard InChI is InChI=1S/C14H13ClN2O/c15-12-3-1-2-4-13(12)18-14-6-5-10(9-17-14)11-7-16-8-11/h1-6,9,11,16H,7-8H2. The van der Waals surface area contributed by atoms with E-state index in [0.717, 1.165) is 13.1 Å². The van der Waals surface area contributed by atoms with Gasteiger partial charge in [-0.2, -0.15) is 0 Å². The lowest BCUT2D eigenvalue weighted by Gasteiger charge is -2.27. The summed E-state index contributed by atoms with van der Waals surface area (Å²) in [5.74, 6) is 1.79. The van der Waals surface area contributed by atoms with Crippen molar-refractivity contribution in [3.63, 3.8) is 0 Å². The Kier molecular flexibility index (Phi) is 3.17. The minimum Gasteiger partial charge on any atom is -0.437 e. The summed E-state index contributed by atoms with van der Waals surface area (Å²) in [4.78, 5) is 4.31.